The minimum Gasteiger partial charge on any atom is -0.384 e. The van der Waals surface area contributed by atoms with Gasteiger partial charge >= 0.3 is 0 Å². The van der Waals surface area contributed by atoms with E-state index in [9.17, 15) is 9.59 Å². The molecule has 1 saturated heterocycles. The second-order valence-electron chi connectivity index (χ2n) is 9.69. The average Bonchev–Trinajstić information content (AvgIpc) is 2.90. The molecule has 37 heavy (non-hydrogen) atoms. The number of benzene rings is 3. The third-order valence-electron chi connectivity index (χ3n) is 6.86. The number of carbonyl (C=O) groups is 2. The highest BCUT2D eigenvalue weighted by molar-refractivity contribution is 6.04. The maximum Gasteiger partial charge on any atom is 0.233 e. The summed E-state index contributed by atoms with van der Waals surface area (Å²) < 4.78 is 0. The van der Waals surface area contributed by atoms with Crippen LogP contribution in [-0.4, -0.2) is 30.7 Å². The summed E-state index contributed by atoms with van der Waals surface area (Å²) >= 11 is 0. The van der Waals surface area contributed by atoms with Crippen LogP contribution in [0.15, 0.2) is 72.8 Å². The number of anilines is 1. The lowest BCUT2D eigenvalue weighted by Crippen LogP contribution is -2.30. The van der Waals surface area contributed by atoms with Crippen LogP contribution in [0.25, 0.3) is 11.1 Å². The van der Waals surface area contributed by atoms with Crippen molar-refractivity contribution >= 4 is 23.3 Å². The second kappa shape index (κ2) is 12.3. The summed E-state index contributed by atoms with van der Waals surface area (Å²) in [6.07, 6.45) is 3.13. The second-order valence-corrected chi connectivity index (χ2v) is 9.69. The van der Waals surface area contributed by atoms with Gasteiger partial charge in [0.05, 0.1) is 6.04 Å². The zero-order valence-corrected chi connectivity index (χ0v) is 21.2. The highest BCUT2D eigenvalue weighted by Crippen LogP contribution is 2.30. The monoisotopic (exact) mass is 497 g/mol. The number of amides is 2. The lowest BCUT2D eigenvalue weighted by molar-refractivity contribution is -0.127. The van der Waals surface area contributed by atoms with Gasteiger partial charge in [0.15, 0.2) is 0 Å². The SMILES string of the molecule is CC(NC(=O)CC(=O)Nc1ccc(C(=N)N)cc1)c1ccc(CC2CCNCC2)c(-c2ccccc2)c1. The number of piperidine rings is 1. The third-order valence-corrected chi connectivity index (χ3v) is 6.86. The van der Waals surface area contributed by atoms with Crippen LogP contribution in [0.1, 0.15) is 48.9 Å². The summed E-state index contributed by atoms with van der Waals surface area (Å²) in [6.45, 7) is 4.08. The minimum atomic E-state index is -0.400. The number of nitrogens with two attached hydrogens (primary N) is 1. The number of nitrogens with one attached hydrogen (secondary N) is 4. The van der Waals surface area contributed by atoms with Gasteiger partial charge in [0, 0.05) is 11.3 Å². The van der Waals surface area contributed by atoms with Crippen molar-refractivity contribution in [3.63, 3.8) is 0 Å². The Bertz CT molecular complexity index is 1230. The maximum atomic E-state index is 12.6. The molecule has 4 rings (SSSR count). The number of nitrogen functional groups attached to an aromatic ring is 1. The fourth-order valence-corrected chi connectivity index (χ4v) is 4.78. The molecule has 1 aliphatic heterocycles. The maximum absolute atomic E-state index is 12.6. The van der Waals surface area contributed by atoms with Crippen molar-refractivity contribution in [1.82, 2.24) is 10.6 Å². The van der Waals surface area contributed by atoms with Gasteiger partial charge in [0.25, 0.3) is 0 Å². The molecule has 7 nitrogen and oxygen atoms in total. The lowest BCUT2D eigenvalue weighted by Gasteiger charge is -2.24. The smallest absolute Gasteiger partial charge is 0.233 e. The molecular weight excluding hydrogens is 462 g/mol. The molecule has 1 fully saturated rings. The van der Waals surface area contributed by atoms with E-state index >= 15 is 0 Å². The Morgan fingerprint density at radius 1 is 1.00 bits per heavy atom. The Morgan fingerprint density at radius 2 is 1.70 bits per heavy atom. The number of amidine groups is 1. The molecule has 0 spiro atoms. The Hall–Kier alpha value is -3.97. The lowest BCUT2D eigenvalue weighted by atomic mass is 9.86. The van der Waals surface area contributed by atoms with Crippen molar-refractivity contribution in [3.05, 3.63) is 89.5 Å². The molecule has 0 aliphatic carbocycles. The van der Waals surface area contributed by atoms with Crippen LogP contribution < -0.4 is 21.7 Å². The van der Waals surface area contributed by atoms with E-state index in [-0.39, 0.29) is 24.2 Å². The summed E-state index contributed by atoms with van der Waals surface area (Å²) in [4.78, 5) is 25.0. The fraction of sp³-hybridized carbons (Fsp3) is 0.300. The van der Waals surface area contributed by atoms with E-state index in [1.165, 1.54) is 29.5 Å². The van der Waals surface area contributed by atoms with Crippen LogP contribution in [0.5, 0.6) is 0 Å². The largest absolute Gasteiger partial charge is 0.384 e. The summed E-state index contributed by atoms with van der Waals surface area (Å²) in [5, 5.41) is 16.6. The van der Waals surface area contributed by atoms with Crippen molar-refractivity contribution < 1.29 is 9.59 Å². The number of carbonyl (C=O) groups excluding carboxylic acids is 2. The molecule has 6 N–H and O–H groups in total. The van der Waals surface area contributed by atoms with E-state index in [1.54, 1.807) is 24.3 Å². The molecule has 1 atom stereocenters. The standard InChI is InChI=1S/C30H35N5O2/c1-20(34-28(36)19-29(37)35-26-11-9-23(10-12-26)30(31)32)24-7-8-25(17-21-13-15-33-16-14-21)27(18-24)22-5-3-2-4-6-22/h2-12,18,20-21,33H,13-17,19H2,1H3,(H3,31,32)(H,34,36)(H,35,37). The Morgan fingerprint density at radius 3 is 2.38 bits per heavy atom. The zero-order valence-electron chi connectivity index (χ0n) is 21.2. The van der Waals surface area contributed by atoms with Crippen molar-refractivity contribution in [2.45, 2.75) is 38.6 Å². The first-order valence-corrected chi connectivity index (χ1v) is 12.8. The highest BCUT2D eigenvalue weighted by Gasteiger charge is 2.19. The van der Waals surface area contributed by atoms with Crippen molar-refractivity contribution in [2.75, 3.05) is 18.4 Å². The van der Waals surface area contributed by atoms with Crippen molar-refractivity contribution in [2.24, 2.45) is 11.7 Å². The van der Waals surface area contributed by atoms with Crippen LogP contribution in [0, 0.1) is 11.3 Å². The molecule has 1 heterocycles. The van der Waals surface area contributed by atoms with Crippen molar-refractivity contribution in [1.29, 1.82) is 5.41 Å². The van der Waals surface area contributed by atoms with Gasteiger partial charge in [-0.2, -0.15) is 0 Å². The minimum absolute atomic E-state index is 0.0408. The topological polar surface area (TPSA) is 120 Å². The van der Waals surface area contributed by atoms with Gasteiger partial charge < -0.3 is 21.7 Å². The van der Waals surface area contributed by atoms with Gasteiger partial charge in [0.1, 0.15) is 12.3 Å². The van der Waals surface area contributed by atoms with E-state index in [2.05, 4.69) is 46.3 Å². The van der Waals surface area contributed by atoms with Gasteiger partial charge in [-0.3, -0.25) is 15.0 Å². The van der Waals surface area contributed by atoms with E-state index in [4.69, 9.17) is 11.1 Å². The molecule has 2 amide bonds. The van der Waals surface area contributed by atoms with Crippen LogP contribution in [-0.2, 0) is 16.0 Å². The summed E-state index contributed by atoms with van der Waals surface area (Å²) in [7, 11) is 0. The van der Waals surface area contributed by atoms with Gasteiger partial charge in [-0.1, -0.05) is 42.5 Å². The molecular formula is C30H35N5O2. The molecule has 0 saturated carbocycles. The fourth-order valence-electron chi connectivity index (χ4n) is 4.78. The number of rotatable bonds is 9. The van der Waals surface area contributed by atoms with Crippen LogP contribution in [0.2, 0.25) is 0 Å². The van der Waals surface area contributed by atoms with Crippen LogP contribution >= 0.6 is 0 Å². The number of hydrogen-bond donors (Lipinski definition) is 5. The molecule has 1 unspecified atom stereocenters. The quantitative estimate of drug-likeness (QED) is 0.171. The van der Waals surface area contributed by atoms with Gasteiger partial charge in [-0.25, -0.2) is 0 Å². The molecule has 3 aromatic rings. The first-order valence-electron chi connectivity index (χ1n) is 12.8. The first kappa shape index (κ1) is 26.1. The Kier molecular flexibility index (Phi) is 8.69. The molecule has 7 heteroatoms. The number of hydrogen-bond acceptors (Lipinski definition) is 4. The molecule has 0 radical (unpaired) electrons. The first-order chi connectivity index (χ1) is 17.9. The molecule has 0 bridgehead atoms. The highest BCUT2D eigenvalue weighted by atomic mass is 16.2. The van der Waals surface area contributed by atoms with E-state index in [1.807, 2.05) is 25.1 Å². The Balaban J connectivity index is 1.41. The molecule has 0 aromatic heterocycles. The third kappa shape index (κ3) is 7.27. The van der Waals surface area contributed by atoms with Crippen LogP contribution in [0.3, 0.4) is 0 Å². The molecule has 192 valence electrons. The summed E-state index contributed by atoms with van der Waals surface area (Å²) in [6, 6.07) is 23.2. The zero-order chi connectivity index (χ0) is 26.2. The van der Waals surface area contributed by atoms with E-state index in [0.29, 0.717) is 17.2 Å². The predicted octanol–water partition coefficient (Wildman–Crippen LogP) is 4.39. The van der Waals surface area contributed by atoms with E-state index < -0.39 is 5.91 Å². The van der Waals surface area contributed by atoms with Gasteiger partial charge in [0.2, 0.25) is 11.8 Å². The summed E-state index contributed by atoms with van der Waals surface area (Å²) in [5.74, 6) is -0.113. The van der Waals surface area contributed by atoms with Crippen LogP contribution in [0.4, 0.5) is 5.69 Å². The van der Waals surface area contributed by atoms with E-state index in [0.717, 1.165) is 25.1 Å². The Labute approximate surface area is 218 Å². The average molecular weight is 498 g/mol. The van der Waals surface area contributed by atoms with Crippen molar-refractivity contribution in [3.8, 4) is 11.1 Å². The summed E-state index contributed by atoms with van der Waals surface area (Å²) in [5.41, 5.74) is 11.3. The van der Waals surface area contributed by atoms with Gasteiger partial charge in [-0.05, 0) is 97.8 Å². The molecule has 3 aromatic carbocycles. The molecule has 1 aliphatic rings. The normalized spacial score (nSPS) is 14.5. The predicted molar refractivity (Wildman–Crippen MR) is 148 cm³/mol. The van der Waals surface area contributed by atoms with Gasteiger partial charge in [-0.15, -0.1) is 0 Å².